The Morgan fingerprint density at radius 1 is 0.424 bits per heavy atom. The van der Waals surface area contributed by atoms with Gasteiger partial charge in [0.15, 0.2) is 0 Å². The zero-order valence-electron chi connectivity index (χ0n) is 21.6. The number of benzene rings is 3. The molecule has 0 radical (unpaired) electrons. The van der Waals surface area contributed by atoms with Gasteiger partial charge in [0.25, 0.3) is 0 Å². The summed E-state index contributed by atoms with van der Waals surface area (Å²) in [5, 5.41) is 0. The molecule has 0 aliphatic carbocycles. The molecule has 0 saturated heterocycles. The third-order valence-corrected chi connectivity index (χ3v) is 4.23. The van der Waals surface area contributed by atoms with Gasteiger partial charge in [-0.1, -0.05) is 166 Å². The minimum atomic E-state index is 1.22. The lowest BCUT2D eigenvalue weighted by molar-refractivity contribution is 1.46. The van der Waals surface area contributed by atoms with E-state index in [1.807, 2.05) is 71.0 Å². The van der Waals surface area contributed by atoms with Crippen LogP contribution < -0.4 is 0 Å². The van der Waals surface area contributed by atoms with Gasteiger partial charge in [0.2, 0.25) is 0 Å². The topological polar surface area (TPSA) is 0 Å². The summed E-state index contributed by atoms with van der Waals surface area (Å²) in [5.74, 6) is 0. The summed E-state index contributed by atoms with van der Waals surface area (Å²) in [6.07, 6.45) is 16.5. The van der Waals surface area contributed by atoms with Crippen LogP contribution in [0, 0.1) is 13.8 Å². The van der Waals surface area contributed by atoms with Crippen LogP contribution in [0.25, 0.3) is 18.2 Å². The molecule has 3 aromatic rings. The van der Waals surface area contributed by atoms with Crippen molar-refractivity contribution in [2.24, 2.45) is 0 Å². The third kappa shape index (κ3) is 15.1. The summed E-state index contributed by atoms with van der Waals surface area (Å²) in [5.41, 5.74) is 6.30. The first kappa shape index (κ1) is 29.6. The molecule has 3 aromatic carbocycles. The summed E-state index contributed by atoms with van der Waals surface area (Å²) in [4.78, 5) is 0. The van der Waals surface area contributed by atoms with Crippen molar-refractivity contribution in [2.75, 3.05) is 0 Å². The van der Waals surface area contributed by atoms with Gasteiger partial charge in [0.1, 0.15) is 0 Å². The Kier molecular flexibility index (Phi) is 18.4. The molecule has 0 atom stereocenters. The molecule has 33 heavy (non-hydrogen) atoms. The lowest BCUT2D eigenvalue weighted by Crippen LogP contribution is -1.72. The van der Waals surface area contributed by atoms with Crippen molar-refractivity contribution in [3.8, 4) is 0 Å². The highest BCUT2D eigenvalue weighted by Gasteiger charge is 1.85. The number of allylic oxidation sites excluding steroid dienone is 5. The maximum absolute atomic E-state index is 2.13. The summed E-state index contributed by atoms with van der Waals surface area (Å²) in [6.45, 7) is 14.2. The molecule has 0 heterocycles. The standard InChI is InChI=1S/C17H16.C12H14.2C2H6/c1-15-11-13-17(14-12-15)10-6-5-9-16-7-3-2-4-8-16;1-3-4-5-6-12-9-7-11(2)8-10-12;2*1-2/h2-14H,1H3;3-10H,1-2H3;2*1-2H3/b9-5+,10-6+;4-3+,6-5+;;. The second-order valence-electron chi connectivity index (χ2n) is 6.84. The van der Waals surface area contributed by atoms with E-state index in [0.29, 0.717) is 0 Å². The number of aryl methyl sites for hydroxylation is 2. The fraction of sp³-hybridized carbons (Fsp3) is 0.212. The Balaban J connectivity index is 0.000000564. The van der Waals surface area contributed by atoms with Gasteiger partial charge in [0.05, 0.1) is 0 Å². The van der Waals surface area contributed by atoms with Crippen LogP contribution in [0.4, 0.5) is 0 Å². The number of hydrogen-bond acceptors (Lipinski definition) is 0. The lowest BCUT2D eigenvalue weighted by atomic mass is 10.1. The van der Waals surface area contributed by atoms with E-state index in [1.165, 1.54) is 27.8 Å². The molecule has 174 valence electrons. The first-order valence-electron chi connectivity index (χ1n) is 12.0. The highest BCUT2D eigenvalue weighted by Crippen LogP contribution is 2.06. The summed E-state index contributed by atoms with van der Waals surface area (Å²) >= 11 is 0. The van der Waals surface area contributed by atoms with Crippen molar-refractivity contribution in [3.63, 3.8) is 0 Å². The Morgan fingerprint density at radius 2 is 0.758 bits per heavy atom. The van der Waals surface area contributed by atoms with Gasteiger partial charge in [-0.15, -0.1) is 0 Å². The van der Waals surface area contributed by atoms with Crippen molar-refractivity contribution < 1.29 is 0 Å². The smallest absolute Gasteiger partial charge is 0.0256 e. The van der Waals surface area contributed by atoms with Gasteiger partial charge < -0.3 is 0 Å². The molecule has 3 rings (SSSR count). The molecular weight excluding hydrogens is 396 g/mol. The van der Waals surface area contributed by atoms with Crippen molar-refractivity contribution in [3.05, 3.63) is 137 Å². The second-order valence-corrected chi connectivity index (χ2v) is 6.84. The van der Waals surface area contributed by atoms with E-state index < -0.39 is 0 Å². The van der Waals surface area contributed by atoms with Gasteiger partial charge in [-0.2, -0.15) is 0 Å². The molecule has 0 aliphatic rings. The Labute approximate surface area is 203 Å². The predicted molar refractivity (Wildman–Crippen MR) is 153 cm³/mol. The molecule has 0 amide bonds. The molecule has 0 aliphatic heterocycles. The van der Waals surface area contributed by atoms with E-state index in [4.69, 9.17) is 0 Å². The summed E-state index contributed by atoms with van der Waals surface area (Å²) in [7, 11) is 0. The highest BCUT2D eigenvalue weighted by molar-refractivity contribution is 5.57. The monoisotopic (exact) mass is 438 g/mol. The van der Waals surface area contributed by atoms with Crippen LogP contribution in [0.5, 0.6) is 0 Å². The molecular formula is C33H42. The molecule has 0 N–H and O–H groups in total. The quantitative estimate of drug-likeness (QED) is 0.347. The molecule has 0 fully saturated rings. The van der Waals surface area contributed by atoms with Gasteiger partial charge >= 0.3 is 0 Å². The van der Waals surface area contributed by atoms with Crippen LogP contribution in [-0.2, 0) is 0 Å². The zero-order valence-corrected chi connectivity index (χ0v) is 21.6. The van der Waals surface area contributed by atoms with Gasteiger partial charge in [0, 0.05) is 0 Å². The fourth-order valence-electron chi connectivity index (χ4n) is 2.53. The van der Waals surface area contributed by atoms with Crippen molar-refractivity contribution >= 4 is 18.2 Å². The van der Waals surface area contributed by atoms with Gasteiger partial charge in [-0.25, -0.2) is 0 Å². The van der Waals surface area contributed by atoms with Crippen LogP contribution in [0.3, 0.4) is 0 Å². The third-order valence-electron chi connectivity index (χ3n) is 4.23. The summed E-state index contributed by atoms with van der Waals surface area (Å²) in [6, 6.07) is 27.3. The average molecular weight is 439 g/mol. The van der Waals surface area contributed by atoms with Gasteiger partial charge in [-0.05, 0) is 37.5 Å². The van der Waals surface area contributed by atoms with Crippen molar-refractivity contribution in [1.82, 2.24) is 0 Å². The molecule has 0 bridgehead atoms. The summed E-state index contributed by atoms with van der Waals surface area (Å²) < 4.78 is 0. The highest BCUT2D eigenvalue weighted by atomic mass is 13.9. The largest absolute Gasteiger partial charge is 0.0877 e. The van der Waals surface area contributed by atoms with E-state index in [9.17, 15) is 0 Å². The molecule has 0 nitrogen and oxygen atoms in total. The van der Waals surface area contributed by atoms with Crippen LogP contribution >= 0.6 is 0 Å². The lowest BCUT2D eigenvalue weighted by Gasteiger charge is -1.93. The molecule has 0 unspecified atom stereocenters. The molecule has 0 heteroatoms. The number of hydrogen-bond donors (Lipinski definition) is 0. The minimum Gasteiger partial charge on any atom is -0.0877 e. The Morgan fingerprint density at radius 3 is 1.12 bits per heavy atom. The Bertz CT molecular complexity index is 935. The van der Waals surface area contributed by atoms with Crippen LogP contribution in [-0.4, -0.2) is 0 Å². The predicted octanol–water partition coefficient (Wildman–Crippen LogP) is 10.4. The van der Waals surface area contributed by atoms with Gasteiger partial charge in [-0.3, -0.25) is 0 Å². The number of rotatable bonds is 5. The van der Waals surface area contributed by atoms with Crippen LogP contribution in [0.2, 0.25) is 0 Å². The van der Waals surface area contributed by atoms with Crippen molar-refractivity contribution in [2.45, 2.75) is 48.5 Å². The Hall–Kier alpha value is -3.38. The maximum Gasteiger partial charge on any atom is -0.0256 e. The normalized spacial score (nSPS) is 10.4. The van der Waals surface area contributed by atoms with E-state index >= 15 is 0 Å². The fourth-order valence-corrected chi connectivity index (χ4v) is 2.53. The molecule has 0 aromatic heterocycles. The van der Waals surface area contributed by atoms with E-state index in [1.54, 1.807) is 0 Å². The van der Waals surface area contributed by atoms with Crippen LogP contribution in [0.15, 0.2) is 109 Å². The van der Waals surface area contributed by atoms with E-state index in [-0.39, 0.29) is 0 Å². The molecule has 0 spiro atoms. The van der Waals surface area contributed by atoms with Crippen LogP contribution in [0.1, 0.15) is 62.4 Å². The maximum atomic E-state index is 2.13. The van der Waals surface area contributed by atoms with E-state index in [2.05, 4.69) is 105 Å². The second kappa shape index (κ2) is 20.5. The first-order chi connectivity index (χ1) is 16.2. The first-order valence-corrected chi connectivity index (χ1v) is 12.0. The van der Waals surface area contributed by atoms with Crippen molar-refractivity contribution in [1.29, 1.82) is 0 Å². The molecule has 0 saturated carbocycles. The zero-order chi connectivity index (χ0) is 24.7. The average Bonchev–Trinajstić information content (AvgIpc) is 2.88. The minimum absolute atomic E-state index is 1.22. The van der Waals surface area contributed by atoms with E-state index in [0.717, 1.165) is 0 Å². The SMILES string of the molecule is C/C=C/C=C/c1ccc(C)cc1.CC.CC.Cc1ccc(/C=C/C=C/c2ccccc2)cc1.